The van der Waals surface area contributed by atoms with E-state index in [-0.39, 0.29) is 40.8 Å². The van der Waals surface area contributed by atoms with Gasteiger partial charge in [-0.05, 0) is 13.0 Å². The van der Waals surface area contributed by atoms with Gasteiger partial charge in [0, 0.05) is 31.7 Å². The van der Waals surface area contributed by atoms with E-state index < -0.39 is 10.0 Å². The maximum absolute atomic E-state index is 12.6. The lowest BCUT2D eigenvalue weighted by molar-refractivity contribution is -0.118. The summed E-state index contributed by atoms with van der Waals surface area (Å²) < 4.78 is 38.4. The number of fused-ring (bicyclic) bond motifs is 1. The molecule has 0 saturated carbocycles. The molecule has 1 fully saturated rings. The summed E-state index contributed by atoms with van der Waals surface area (Å²) in [6.07, 6.45) is 0. The monoisotopic (exact) mass is 389 g/mol. The molecule has 1 saturated heterocycles. The first-order valence-corrected chi connectivity index (χ1v) is 9.80. The summed E-state index contributed by atoms with van der Waals surface area (Å²) in [7, 11) is -3.80. The summed E-state index contributed by atoms with van der Waals surface area (Å²) >= 11 is 6.10. The minimum Gasteiger partial charge on any atom is -0.482 e. The number of carbonyl (C=O) groups is 1. The van der Waals surface area contributed by atoms with Crippen LogP contribution >= 0.6 is 11.6 Å². The lowest BCUT2D eigenvalue weighted by atomic mass is 10.2. The van der Waals surface area contributed by atoms with Crippen molar-refractivity contribution in [2.45, 2.75) is 17.9 Å². The second-order valence-electron chi connectivity index (χ2n) is 5.96. The molecule has 0 bridgehead atoms. The van der Waals surface area contributed by atoms with Crippen LogP contribution in [0.3, 0.4) is 0 Å². The van der Waals surface area contributed by atoms with Gasteiger partial charge in [-0.15, -0.1) is 0 Å². The smallest absolute Gasteiger partial charge is 0.262 e. The Labute approximate surface area is 151 Å². The van der Waals surface area contributed by atoms with E-state index >= 15 is 0 Å². The molecule has 2 aliphatic rings. The van der Waals surface area contributed by atoms with Crippen molar-refractivity contribution in [3.63, 3.8) is 0 Å². The number of carbonyl (C=O) groups excluding carboxylic acids is 1. The lowest BCUT2D eigenvalue weighted by Gasteiger charge is -2.32. The zero-order chi connectivity index (χ0) is 18.0. The molecule has 2 heterocycles. The number of nitrogens with zero attached hydrogens (tertiary/aromatic N) is 1. The highest BCUT2D eigenvalue weighted by Crippen LogP contribution is 2.35. The Morgan fingerprint density at radius 3 is 2.80 bits per heavy atom. The predicted molar refractivity (Wildman–Crippen MR) is 92.6 cm³/mol. The number of benzene rings is 1. The summed E-state index contributed by atoms with van der Waals surface area (Å²) in [5, 5.41) is 2.61. The van der Waals surface area contributed by atoms with Gasteiger partial charge in [-0.25, -0.2) is 13.1 Å². The van der Waals surface area contributed by atoms with Crippen molar-refractivity contribution in [3.05, 3.63) is 17.2 Å². The number of ether oxygens (including phenoxy) is 2. The molecule has 3 rings (SSSR count). The van der Waals surface area contributed by atoms with Crippen LogP contribution in [0.1, 0.15) is 6.92 Å². The standard InChI is InChI=1S/C15H20ClN3O5S/c1-10(19-2-4-23-5-3-19)8-17-25(21,22)14-7-13-12(6-11(14)16)18-15(20)9-24-13/h6-7,10,17H,2-5,8-9H2,1H3,(H,18,20). The molecule has 1 atom stereocenters. The molecule has 1 aromatic carbocycles. The zero-order valence-electron chi connectivity index (χ0n) is 13.7. The SMILES string of the molecule is CC(CNS(=O)(=O)c1cc2c(cc1Cl)NC(=O)CO2)N1CCOCC1. The highest BCUT2D eigenvalue weighted by atomic mass is 35.5. The van der Waals surface area contributed by atoms with Gasteiger partial charge in [0.1, 0.15) is 10.6 Å². The number of sulfonamides is 1. The molecule has 138 valence electrons. The third-order valence-corrected chi connectivity index (χ3v) is 6.08. The Bertz CT molecular complexity index is 765. The summed E-state index contributed by atoms with van der Waals surface area (Å²) in [6, 6.07) is 2.75. The van der Waals surface area contributed by atoms with E-state index in [2.05, 4.69) is 14.9 Å². The van der Waals surface area contributed by atoms with Gasteiger partial charge in [-0.3, -0.25) is 9.69 Å². The Balaban J connectivity index is 1.72. The van der Waals surface area contributed by atoms with Crippen LogP contribution in [0.15, 0.2) is 17.0 Å². The Morgan fingerprint density at radius 1 is 1.36 bits per heavy atom. The van der Waals surface area contributed by atoms with E-state index in [1.54, 1.807) is 0 Å². The fourth-order valence-electron chi connectivity index (χ4n) is 2.74. The first kappa shape index (κ1) is 18.4. The minimum atomic E-state index is -3.80. The van der Waals surface area contributed by atoms with Crippen LogP contribution in [0.4, 0.5) is 5.69 Å². The average molecular weight is 390 g/mol. The van der Waals surface area contributed by atoms with E-state index in [0.29, 0.717) is 18.9 Å². The van der Waals surface area contributed by atoms with Crippen LogP contribution in [0.2, 0.25) is 5.02 Å². The maximum atomic E-state index is 12.6. The fourth-order valence-corrected chi connectivity index (χ4v) is 4.41. The third kappa shape index (κ3) is 4.24. The fraction of sp³-hybridized carbons (Fsp3) is 0.533. The van der Waals surface area contributed by atoms with Gasteiger partial charge < -0.3 is 14.8 Å². The highest BCUT2D eigenvalue weighted by molar-refractivity contribution is 7.89. The molecule has 0 spiro atoms. The van der Waals surface area contributed by atoms with Crippen LogP contribution in [-0.4, -0.2) is 64.7 Å². The van der Waals surface area contributed by atoms with Crippen LogP contribution in [0.5, 0.6) is 5.75 Å². The molecule has 2 N–H and O–H groups in total. The summed E-state index contributed by atoms with van der Waals surface area (Å²) in [4.78, 5) is 13.4. The van der Waals surface area contributed by atoms with Crippen molar-refractivity contribution in [1.29, 1.82) is 0 Å². The van der Waals surface area contributed by atoms with Crippen LogP contribution in [-0.2, 0) is 19.6 Å². The molecule has 8 nitrogen and oxygen atoms in total. The van der Waals surface area contributed by atoms with Gasteiger partial charge in [-0.2, -0.15) is 0 Å². The quantitative estimate of drug-likeness (QED) is 0.768. The minimum absolute atomic E-state index is 0.0241. The third-order valence-electron chi connectivity index (χ3n) is 4.19. The first-order chi connectivity index (χ1) is 11.9. The average Bonchev–Trinajstić information content (AvgIpc) is 2.59. The van der Waals surface area contributed by atoms with Crippen molar-refractivity contribution in [3.8, 4) is 5.75 Å². The van der Waals surface area contributed by atoms with Gasteiger partial charge in [0.15, 0.2) is 6.61 Å². The molecule has 1 aromatic rings. The van der Waals surface area contributed by atoms with Crippen molar-refractivity contribution in [2.24, 2.45) is 0 Å². The molecular weight excluding hydrogens is 370 g/mol. The van der Waals surface area contributed by atoms with Gasteiger partial charge in [0.25, 0.3) is 5.91 Å². The first-order valence-electron chi connectivity index (χ1n) is 7.94. The number of halogens is 1. The number of amides is 1. The molecule has 2 aliphatic heterocycles. The maximum Gasteiger partial charge on any atom is 0.262 e. The second kappa shape index (κ2) is 7.46. The summed E-state index contributed by atoms with van der Waals surface area (Å²) in [5.41, 5.74) is 0.363. The molecule has 25 heavy (non-hydrogen) atoms. The van der Waals surface area contributed by atoms with Crippen LogP contribution < -0.4 is 14.8 Å². The van der Waals surface area contributed by atoms with Crippen molar-refractivity contribution < 1.29 is 22.7 Å². The number of nitrogens with one attached hydrogen (secondary N) is 2. The van der Waals surface area contributed by atoms with Gasteiger partial charge in [0.05, 0.1) is 23.9 Å². The highest BCUT2D eigenvalue weighted by Gasteiger charge is 2.26. The molecule has 0 aliphatic carbocycles. The number of morpholine rings is 1. The molecule has 0 radical (unpaired) electrons. The lowest BCUT2D eigenvalue weighted by Crippen LogP contribution is -2.47. The van der Waals surface area contributed by atoms with E-state index in [0.717, 1.165) is 13.1 Å². The molecule has 1 unspecified atom stereocenters. The van der Waals surface area contributed by atoms with Crippen LogP contribution in [0, 0.1) is 0 Å². The summed E-state index contributed by atoms with van der Waals surface area (Å²) in [6.45, 7) is 4.91. The van der Waals surface area contributed by atoms with Gasteiger partial charge >= 0.3 is 0 Å². The van der Waals surface area contributed by atoms with E-state index in [9.17, 15) is 13.2 Å². The Morgan fingerprint density at radius 2 is 2.08 bits per heavy atom. The summed E-state index contributed by atoms with van der Waals surface area (Å²) in [5.74, 6) is -0.0257. The van der Waals surface area contributed by atoms with Crippen molar-refractivity contribution in [1.82, 2.24) is 9.62 Å². The second-order valence-corrected chi connectivity index (χ2v) is 8.11. The number of anilines is 1. The molecule has 10 heteroatoms. The largest absolute Gasteiger partial charge is 0.482 e. The van der Waals surface area contributed by atoms with Crippen LogP contribution in [0.25, 0.3) is 0 Å². The van der Waals surface area contributed by atoms with Crippen molar-refractivity contribution >= 4 is 33.2 Å². The van der Waals surface area contributed by atoms with Gasteiger partial charge in [0.2, 0.25) is 10.0 Å². The normalized spacial score (nSPS) is 19.7. The topological polar surface area (TPSA) is 97.0 Å². The van der Waals surface area contributed by atoms with E-state index in [1.165, 1.54) is 12.1 Å². The molecular formula is C15H20ClN3O5S. The van der Waals surface area contributed by atoms with E-state index in [1.807, 2.05) is 6.92 Å². The van der Waals surface area contributed by atoms with E-state index in [4.69, 9.17) is 21.1 Å². The Hall–Kier alpha value is -1.39. The number of hydrogen-bond acceptors (Lipinski definition) is 6. The number of rotatable bonds is 5. The Kier molecular flexibility index (Phi) is 5.49. The molecule has 0 aromatic heterocycles. The zero-order valence-corrected chi connectivity index (χ0v) is 15.3. The predicted octanol–water partition coefficient (Wildman–Crippen LogP) is 0.670. The number of hydrogen-bond donors (Lipinski definition) is 2. The van der Waals surface area contributed by atoms with Gasteiger partial charge in [-0.1, -0.05) is 11.6 Å². The van der Waals surface area contributed by atoms with Crippen molar-refractivity contribution in [2.75, 3.05) is 44.8 Å². The molecule has 1 amide bonds.